The van der Waals surface area contributed by atoms with Crippen molar-refractivity contribution in [2.75, 3.05) is 56.7 Å². The molecule has 0 atom stereocenters. The monoisotopic (exact) mass is 473 g/mol. The minimum atomic E-state index is -0.157. The normalized spacial score (nSPS) is 15.7. The lowest BCUT2D eigenvalue weighted by Gasteiger charge is -2.38. The van der Waals surface area contributed by atoms with Crippen molar-refractivity contribution in [3.8, 4) is 6.01 Å². The van der Waals surface area contributed by atoms with Gasteiger partial charge in [-0.15, -0.1) is 0 Å². The second-order valence-corrected chi connectivity index (χ2v) is 8.99. The summed E-state index contributed by atoms with van der Waals surface area (Å²) < 4.78 is 10.5. The molecule has 0 saturated carbocycles. The van der Waals surface area contributed by atoms with Gasteiger partial charge >= 0.3 is 6.01 Å². The highest BCUT2D eigenvalue weighted by molar-refractivity contribution is 5.97. The molecule has 0 radical (unpaired) electrons. The number of aromatic nitrogens is 2. The van der Waals surface area contributed by atoms with Crippen LogP contribution in [0, 0.1) is 6.92 Å². The van der Waals surface area contributed by atoms with Gasteiger partial charge in [-0.05, 0) is 30.4 Å². The molecule has 8 nitrogen and oxygen atoms in total. The average Bonchev–Trinajstić information content (AvgIpc) is 2.91. The van der Waals surface area contributed by atoms with Crippen LogP contribution in [-0.4, -0.2) is 67.7 Å². The van der Waals surface area contributed by atoms with Gasteiger partial charge in [0, 0.05) is 49.4 Å². The average molecular weight is 474 g/mol. The number of piperazine rings is 1. The number of carbonyl (C=O) groups is 1. The minimum absolute atomic E-state index is 0.157. The van der Waals surface area contributed by atoms with Crippen LogP contribution in [0.1, 0.15) is 16.8 Å². The van der Waals surface area contributed by atoms with Crippen LogP contribution in [0.15, 0.2) is 48.7 Å². The molecule has 2 aliphatic rings. The molecule has 1 aromatic heterocycles. The van der Waals surface area contributed by atoms with E-state index in [0.29, 0.717) is 38.7 Å². The van der Waals surface area contributed by atoms with E-state index in [2.05, 4.69) is 59.7 Å². The summed E-state index contributed by atoms with van der Waals surface area (Å²) in [6.07, 6.45) is 0.844. The Balaban J connectivity index is 1.42. The van der Waals surface area contributed by atoms with Crippen LogP contribution in [0.3, 0.4) is 0 Å². The van der Waals surface area contributed by atoms with Gasteiger partial charge in [0.05, 0.1) is 26.5 Å². The predicted molar refractivity (Wildman–Crippen MR) is 137 cm³/mol. The highest BCUT2D eigenvalue weighted by Gasteiger charge is 2.29. The van der Waals surface area contributed by atoms with E-state index in [0.717, 1.165) is 24.5 Å². The van der Waals surface area contributed by atoms with E-state index < -0.39 is 0 Å². The molecule has 1 amide bonds. The zero-order valence-electron chi connectivity index (χ0n) is 20.6. The Morgan fingerprint density at radius 2 is 1.71 bits per heavy atom. The number of carbonyl (C=O) groups excluding carboxylic acids is 1. The lowest BCUT2D eigenvalue weighted by atomic mass is 9.99. The van der Waals surface area contributed by atoms with E-state index in [1.807, 2.05) is 0 Å². The van der Waals surface area contributed by atoms with Crippen LogP contribution in [0.5, 0.6) is 6.01 Å². The van der Waals surface area contributed by atoms with E-state index in [-0.39, 0.29) is 11.7 Å². The molecule has 5 rings (SSSR count). The highest BCUT2D eigenvalue weighted by atomic mass is 16.5. The highest BCUT2D eigenvalue weighted by Crippen LogP contribution is 2.35. The van der Waals surface area contributed by atoms with Gasteiger partial charge in [-0.2, -0.15) is 9.97 Å². The van der Waals surface area contributed by atoms with Crippen molar-refractivity contribution in [2.45, 2.75) is 19.9 Å². The molecule has 1 fully saturated rings. The van der Waals surface area contributed by atoms with Crippen molar-refractivity contribution < 1.29 is 14.3 Å². The molecule has 0 bridgehead atoms. The second kappa shape index (κ2) is 9.44. The summed E-state index contributed by atoms with van der Waals surface area (Å²) in [7, 11) is 3.08. The number of methoxy groups -OCH3 is 2. The molecule has 0 aliphatic carbocycles. The number of benzene rings is 2. The molecule has 3 aromatic rings. The molecule has 2 aromatic carbocycles. The summed E-state index contributed by atoms with van der Waals surface area (Å²) in [5.41, 5.74) is 4.67. The molecule has 0 unspecified atom stereocenters. The fourth-order valence-electron chi connectivity index (χ4n) is 5.10. The zero-order chi connectivity index (χ0) is 24.5. The number of amides is 1. The van der Waals surface area contributed by atoms with Gasteiger partial charge in [0.2, 0.25) is 0 Å². The molecule has 8 heteroatoms. The standard InChI is InChI=1S/C27H31N5O3/c1-18-7-5-8-20-9-6-10-23(24(18)20)32-12-11-21-22(17-32)28-27(35-4)29-25(21)30-13-15-31(16-14-30)26(33)19(2)34-3/h5-10H,2,11-17H2,1,3-4H3. The smallest absolute Gasteiger partial charge is 0.318 e. The van der Waals surface area contributed by atoms with Crippen LogP contribution >= 0.6 is 0 Å². The SMILES string of the molecule is C=C(OC)C(=O)N1CCN(c2nc(OC)nc3c2CCN(c2cccc4cccc(C)c24)C3)CC1. The number of ether oxygens (including phenoxy) is 2. The Hall–Kier alpha value is -3.81. The van der Waals surface area contributed by atoms with Crippen molar-refractivity contribution in [1.82, 2.24) is 14.9 Å². The Morgan fingerprint density at radius 3 is 2.43 bits per heavy atom. The molecule has 2 aliphatic heterocycles. The zero-order valence-corrected chi connectivity index (χ0v) is 20.6. The Bertz CT molecular complexity index is 1280. The quantitative estimate of drug-likeness (QED) is 0.416. The number of aryl methyl sites for hydroxylation is 1. The van der Waals surface area contributed by atoms with E-state index in [9.17, 15) is 4.79 Å². The summed E-state index contributed by atoms with van der Waals surface area (Å²) in [6, 6.07) is 13.3. The first kappa shape index (κ1) is 23.0. The third kappa shape index (κ3) is 4.24. The van der Waals surface area contributed by atoms with Crippen molar-refractivity contribution in [3.05, 3.63) is 65.6 Å². The largest absolute Gasteiger partial charge is 0.492 e. The number of fused-ring (bicyclic) bond motifs is 2. The van der Waals surface area contributed by atoms with Gasteiger partial charge in [-0.25, -0.2) is 0 Å². The van der Waals surface area contributed by atoms with Crippen molar-refractivity contribution >= 4 is 28.2 Å². The molecule has 1 saturated heterocycles. The first-order valence-corrected chi connectivity index (χ1v) is 11.9. The van der Waals surface area contributed by atoms with E-state index >= 15 is 0 Å². The van der Waals surface area contributed by atoms with Crippen molar-refractivity contribution in [3.63, 3.8) is 0 Å². The number of nitrogens with zero attached hydrogens (tertiary/aromatic N) is 5. The van der Waals surface area contributed by atoms with Gasteiger partial charge in [0.15, 0.2) is 5.76 Å². The topological polar surface area (TPSA) is 71.0 Å². The maximum atomic E-state index is 12.4. The first-order chi connectivity index (χ1) is 17.0. The number of hydrogen-bond acceptors (Lipinski definition) is 7. The van der Waals surface area contributed by atoms with Gasteiger partial charge in [0.25, 0.3) is 5.91 Å². The Labute approximate surface area is 205 Å². The summed E-state index contributed by atoms with van der Waals surface area (Å²) in [5.74, 6) is 0.928. The molecule has 0 spiro atoms. The lowest BCUT2D eigenvalue weighted by molar-refractivity contribution is -0.130. The van der Waals surface area contributed by atoms with Gasteiger partial charge in [-0.3, -0.25) is 4.79 Å². The van der Waals surface area contributed by atoms with Crippen LogP contribution in [0.4, 0.5) is 11.5 Å². The number of anilines is 2. The predicted octanol–water partition coefficient (Wildman–Crippen LogP) is 3.32. The van der Waals surface area contributed by atoms with Crippen LogP contribution < -0.4 is 14.5 Å². The number of rotatable bonds is 5. The summed E-state index contributed by atoms with van der Waals surface area (Å²) >= 11 is 0. The molecule has 182 valence electrons. The summed E-state index contributed by atoms with van der Waals surface area (Å²) in [5, 5.41) is 2.54. The Kier molecular flexibility index (Phi) is 6.19. The maximum absolute atomic E-state index is 12.4. The third-order valence-corrected chi connectivity index (χ3v) is 6.99. The molecule has 35 heavy (non-hydrogen) atoms. The molecular weight excluding hydrogens is 442 g/mol. The minimum Gasteiger partial charge on any atom is -0.492 e. The van der Waals surface area contributed by atoms with Crippen molar-refractivity contribution in [2.24, 2.45) is 0 Å². The van der Waals surface area contributed by atoms with Gasteiger partial charge < -0.3 is 24.2 Å². The maximum Gasteiger partial charge on any atom is 0.318 e. The van der Waals surface area contributed by atoms with Gasteiger partial charge in [0.1, 0.15) is 5.82 Å². The first-order valence-electron chi connectivity index (χ1n) is 11.9. The van der Waals surface area contributed by atoms with E-state index in [4.69, 9.17) is 19.4 Å². The van der Waals surface area contributed by atoms with Crippen LogP contribution in [0.2, 0.25) is 0 Å². The van der Waals surface area contributed by atoms with Crippen LogP contribution in [0.25, 0.3) is 10.8 Å². The Morgan fingerprint density at radius 1 is 0.971 bits per heavy atom. The summed E-state index contributed by atoms with van der Waals surface area (Å²) in [4.78, 5) is 28.3. The van der Waals surface area contributed by atoms with E-state index in [1.165, 1.54) is 34.7 Å². The molecule has 0 N–H and O–H groups in total. The van der Waals surface area contributed by atoms with Crippen molar-refractivity contribution in [1.29, 1.82) is 0 Å². The fourth-order valence-corrected chi connectivity index (χ4v) is 5.10. The third-order valence-electron chi connectivity index (χ3n) is 6.99. The molecular formula is C27H31N5O3. The number of hydrogen-bond donors (Lipinski definition) is 0. The van der Waals surface area contributed by atoms with Gasteiger partial charge in [-0.1, -0.05) is 36.9 Å². The molecule has 3 heterocycles. The summed E-state index contributed by atoms with van der Waals surface area (Å²) in [6.45, 7) is 9.98. The van der Waals surface area contributed by atoms with E-state index in [1.54, 1.807) is 12.0 Å². The lowest BCUT2D eigenvalue weighted by Crippen LogP contribution is -2.50. The second-order valence-electron chi connectivity index (χ2n) is 8.99. The van der Waals surface area contributed by atoms with Crippen LogP contribution in [-0.2, 0) is 22.5 Å². The fraction of sp³-hybridized carbons (Fsp3) is 0.370.